The van der Waals surface area contributed by atoms with Crippen molar-refractivity contribution in [3.8, 4) is 0 Å². The lowest BCUT2D eigenvalue weighted by molar-refractivity contribution is -0.145. The van der Waals surface area contributed by atoms with E-state index in [9.17, 15) is 9.59 Å². The molecule has 1 aromatic rings. The summed E-state index contributed by atoms with van der Waals surface area (Å²) in [5, 5.41) is 12.0. The van der Waals surface area contributed by atoms with Gasteiger partial charge in [0.1, 0.15) is 5.15 Å². The Morgan fingerprint density at radius 3 is 2.67 bits per heavy atom. The van der Waals surface area contributed by atoms with Gasteiger partial charge in [0.15, 0.2) is 0 Å². The number of anilines is 1. The summed E-state index contributed by atoms with van der Waals surface area (Å²) in [5.41, 5.74) is 0.528. The monoisotopic (exact) mass is 268 g/mol. The van der Waals surface area contributed by atoms with Crippen LogP contribution in [0, 0.1) is 11.8 Å². The van der Waals surface area contributed by atoms with Gasteiger partial charge in [-0.05, 0) is 25.0 Å². The maximum atomic E-state index is 12.0. The van der Waals surface area contributed by atoms with Crippen LogP contribution in [0.15, 0.2) is 18.3 Å². The number of carboxylic acids is 1. The fraction of sp³-hybridized carbons (Fsp3) is 0.417. The molecule has 0 radical (unpaired) electrons. The predicted molar refractivity (Wildman–Crippen MR) is 66.3 cm³/mol. The zero-order valence-corrected chi connectivity index (χ0v) is 10.4. The molecule has 96 valence electrons. The van der Waals surface area contributed by atoms with Crippen LogP contribution in [0.5, 0.6) is 0 Å². The molecule has 2 rings (SSSR count). The highest BCUT2D eigenvalue weighted by molar-refractivity contribution is 6.29. The highest BCUT2D eigenvalue weighted by Gasteiger charge is 2.37. The van der Waals surface area contributed by atoms with Gasteiger partial charge in [-0.1, -0.05) is 18.0 Å². The van der Waals surface area contributed by atoms with E-state index in [0.717, 1.165) is 6.42 Å². The maximum Gasteiger partial charge on any atom is 0.307 e. The van der Waals surface area contributed by atoms with E-state index in [2.05, 4.69) is 10.3 Å². The number of carboxylic acid groups (broad SMARTS) is 1. The third kappa shape index (κ3) is 2.79. The summed E-state index contributed by atoms with van der Waals surface area (Å²) >= 11 is 5.64. The van der Waals surface area contributed by atoms with Crippen LogP contribution in [-0.2, 0) is 9.59 Å². The van der Waals surface area contributed by atoms with Crippen LogP contribution in [-0.4, -0.2) is 22.0 Å². The molecular weight excluding hydrogens is 256 g/mol. The lowest BCUT2D eigenvalue weighted by Gasteiger charge is -2.15. The van der Waals surface area contributed by atoms with E-state index in [1.165, 1.54) is 6.20 Å². The summed E-state index contributed by atoms with van der Waals surface area (Å²) in [7, 11) is 0. The summed E-state index contributed by atoms with van der Waals surface area (Å²) < 4.78 is 0. The van der Waals surface area contributed by atoms with Gasteiger partial charge in [-0.25, -0.2) is 4.98 Å². The van der Waals surface area contributed by atoms with Crippen LogP contribution in [0.4, 0.5) is 5.69 Å². The van der Waals surface area contributed by atoms with Gasteiger partial charge in [-0.3, -0.25) is 9.59 Å². The van der Waals surface area contributed by atoms with Crippen molar-refractivity contribution >= 4 is 29.2 Å². The third-order valence-electron chi connectivity index (χ3n) is 3.16. The summed E-state index contributed by atoms with van der Waals surface area (Å²) in [6, 6.07) is 3.21. The topological polar surface area (TPSA) is 79.3 Å². The van der Waals surface area contributed by atoms with Gasteiger partial charge >= 0.3 is 5.97 Å². The van der Waals surface area contributed by atoms with E-state index in [1.54, 1.807) is 12.1 Å². The Balaban J connectivity index is 2.03. The fourth-order valence-corrected chi connectivity index (χ4v) is 2.37. The lowest BCUT2D eigenvalue weighted by Crippen LogP contribution is -2.30. The first-order chi connectivity index (χ1) is 8.58. The van der Waals surface area contributed by atoms with Crippen molar-refractivity contribution in [2.24, 2.45) is 11.8 Å². The molecule has 2 unspecified atom stereocenters. The maximum absolute atomic E-state index is 12.0. The molecule has 1 amide bonds. The van der Waals surface area contributed by atoms with E-state index < -0.39 is 17.8 Å². The number of nitrogens with zero attached hydrogens (tertiary/aromatic N) is 1. The number of amides is 1. The molecule has 1 aliphatic rings. The summed E-state index contributed by atoms with van der Waals surface area (Å²) in [6.07, 6.45) is 3.40. The Hall–Kier alpha value is -1.62. The molecule has 0 aromatic carbocycles. The number of hydrogen-bond acceptors (Lipinski definition) is 3. The van der Waals surface area contributed by atoms with E-state index in [-0.39, 0.29) is 5.91 Å². The molecule has 0 spiro atoms. The van der Waals surface area contributed by atoms with Crippen LogP contribution in [0.1, 0.15) is 19.3 Å². The van der Waals surface area contributed by atoms with Crippen molar-refractivity contribution in [2.75, 3.05) is 5.32 Å². The van der Waals surface area contributed by atoms with Crippen LogP contribution in [0.25, 0.3) is 0 Å². The Kier molecular flexibility index (Phi) is 3.81. The first-order valence-electron chi connectivity index (χ1n) is 5.73. The number of aliphatic carboxylic acids is 1. The molecule has 2 atom stereocenters. The molecule has 1 heterocycles. The third-order valence-corrected chi connectivity index (χ3v) is 3.39. The fourth-order valence-electron chi connectivity index (χ4n) is 2.25. The van der Waals surface area contributed by atoms with Crippen LogP contribution < -0.4 is 5.32 Å². The van der Waals surface area contributed by atoms with Crippen molar-refractivity contribution in [3.05, 3.63) is 23.5 Å². The molecule has 1 saturated carbocycles. The van der Waals surface area contributed by atoms with Gasteiger partial charge in [0.2, 0.25) is 5.91 Å². The summed E-state index contributed by atoms with van der Waals surface area (Å²) in [5.74, 6) is -2.20. The first-order valence-corrected chi connectivity index (χ1v) is 6.11. The molecule has 1 aliphatic carbocycles. The van der Waals surface area contributed by atoms with Gasteiger partial charge in [0.25, 0.3) is 0 Å². The number of hydrogen-bond donors (Lipinski definition) is 2. The van der Waals surface area contributed by atoms with E-state index >= 15 is 0 Å². The zero-order chi connectivity index (χ0) is 13.1. The number of halogens is 1. The van der Waals surface area contributed by atoms with Crippen molar-refractivity contribution < 1.29 is 14.7 Å². The SMILES string of the molecule is O=C(O)C1CCCC1C(=O)Nc1ccc(Cl)nc1. The number of carbonyl (C=O) groups is 2. The van der Waals surface area contributed by atoms with E-state index in [0.29, 0.717) is 23.7 Å². The summed E-state index contributed by atoms with van der Waals surface area (Å²) in [6.45, 7) is 0. The van der Waals surface area contributed by atoms with Gasteiger partial charge < -0.3 is 10.4 Å². The second kappa shape index (κ2) is 5.35. The number of aromatic nitrogens is 1. The molecule has 0 bridgehead atoms. The molecule has 2 N–H and O–H groups in total. The molecule has 5 nitrogen and oxygen atoms in total. The number of rotatable bonds is 3. The van der Waals surface area contributed by atoms with Gasteiger partial charge in [-0.15, -0.1) is 0 Å². The Labute approximate surface area is 109 Å². The lowest BCUT2D eigenvalue weighted by atomic mass is 9.95. The largest absolute Gasteiger partial charge is 0.481 e. The van der Waals surface area contributed by atoms with Crippen LogP contribution >= 0.6 is 11.6 Å². The quantitative estimate of drug-likeness (QED) is 0.824. The molecule has 1 fully saturated rings. The highest BCUT2D eigenvalue weighted by Crippen LogP contribution is 2.32. The van der Waals surface area contributed by atoms with Crippen LogP contribution in [0.2, 0.25) is 5.15 Å². The standard InChI is InChI=1S/C12H13ClN2O3/c13-10-5-4-7(6-14-10)15-11(16)8-2-1-3-9(8)12(17)18/h4-6,8-9H,1-3H2,(H,15,16)(H,17,18). The zero-order valence-electron chi connectivity index (χ0n) is 9.60. The minimum atomic E-state index is -0.901. The number of carbonyl (C=O) groups excluding carboxylic acids is 1. The molecule has 18 heavy (non-hydrogen) atoms. The van der Waals surface area contributed by atoms with Crippen molar-refractivity contribution in [3.63, 3.8) is 0 Å². The minimum absolute atomic E-state index is 0.260. The second-order valence-electron chi connectivity index (χ2n) is 4.34. The minimum Gasteiger partial charge on any atom is -0.481 e. The number of pyridine rings is 1. The Bertz CT molecular complexity index is 461. The van der Waals surface area contributed by atoms with Crippen molar-refractivity contribution in [1.29, 1.82) is 0 Å². The summed E-state index contributed by atoms with van der Waals surface area (Å²) in [4.78, 5) is 26.8. The Morgan fingerprint density at radius 2 is 2.06 bits per heavy atom. The van der Waals surface area contributed by atoms with Crippen molar-refractivity contribution in [1.82, 2.24) is 4.98 Å². The second-order valence-corrected chi connectivity index (χ2v) is 4.73. The first kappa shape index (κ1) is 12.8. The predicted octanol–water partition coefficient (Wildman–Crippen LogP) is 2.17. The normalized spacial score (nSPS) is 22.7. The average molecular weight is 269 g/mol. The Morgan fingerprint density at radius 1 is 1.33 bits per heavy atom. The highest BCUT2D eigenvalue weighted by atomic mass is 35.5. The van der Waals surface area contributed by atoms with Gasteiger partial charge in [0, 0.05) is 0 Å². The van der Waals surface area contributed by atoms with E-state index in [1.807, 2.05) is 0 Å². The van der Waals surface area contributed by atoms with Crippen LogP contribution in [0.3, 0.4) is 0 Å². The molecular formula is C12H13ClN2O3. The van der Waals surface area contributed by atoms with Gasteiger partial charge in [0.05, 0.1) is 23.7 Å². The van der Waals surface area contributed by atoms with E-state index in [4.69, 9.17) is 16.7 Å². The van der Waals surface area contributed by atoms with Gasteiger partial charge in [-0.2, -0.15) is 0 Å². The number of nitrogens with one attached hydrogen (secondary N) is 1. The molecule has 0 aliphatic heterocycles. The van der Waals surface area contributed by atoms with Crippen molar-refractivity contribution in [2.45, 2.75) is 19.3 Å². The smallest absolute Gasteiger partial charge is 0.307 e. The molecule has 1 aromatic heterocycles. The molecule has 6 heteroatoms. The average Bonchev–Trinajstić information content (AvgIpc) is 2.81. The molecule has 0 saturated heterocycles.